The van der Waals surface area contributed by atoms with E-state index in [2.05, 4.69) is 0 Å². The number of benzene rings is 2. The van der Waals surface area contributed by atoms with Gasteiger partial charge in [0.15, 0.2) is 0 Å². The molecule has 0 spiro atoms. The van der Waals surface area contributed by atoms with Crippen LogP contribution in [-0.4, -0.2) is 15.5 Å². The van der Waals surface area contributed by atoms with Crippen molar-refractivity contribution < 1.29 is 8.42 Å². The fourth-order valence-corrected chi connectivity index (χ4v) is 2.63. The van der Waals surface area contributed by atoms with Crippen molar-refractivity contribution in [3.8, 4) is 0 Å². The van der Waals surface area contributed by atoms with E-state index in [9.17, 15) is 8.42 Å². The molecular formula is C14H17N3O2S. The van der Waals surface area contributed by atoms with Gasteiger partial charge in [0.05, 0.1) is 16.3 Å². The van der Waals surface area contributed by atoms with Gasteiger partial charge in [0.2, 0.25) is 10.0 Å². The van der Waals surface area contributed by atoms with Crippen molar-refractivity contribution in [2.24, 2.45) is 5.14 Å². The van der Waals surface area contributed by atoms with Crippen molar-refractivity contribution in [3.05, 3.63) is 48.0 Å². The molecule has 0 unspecified atom stereocenters. The first-order valence-corrected chi connectivity index (χ1v) is 7.57. The second kappa shape index (κ2) is 5.15. The second-order valence-corrected chi connectivity index (χ2v) is 6.17. The highest BCUT2D eigenvalue weighted by Gasteiger charge is 2.13. The Morgan fingerprint density at radius 3 is 2.25 bits per heavy atom. The molecule has 5 nitrogen and oxygen atoms in total. The van der Waals surface area contributed by atoms with E-state index in [1.54, 1.807) is 6.07 Å². The van der Waals surface area contributed by atoms with Gasteiger partial charge in [-0.3, -0.25) is 0 Å². The highest BCUT2D eigenvalue weighted by atomic mass is 32.2. The van der Waals surface area contributed by atoms with Crippen molar-refractivity contribution in [1.82, 2.24) is 0 Å². The summed E-state index contributed by atoms with van der Waals surface area (Å²) in [6.45, 7) is 2.00. The number of primary sulfonamides is 1. The van der Waals surface area contributed by atoms with Crippen LogP contribution in [0.4, 0.5) is 17.1 Å². The zero-order valence-corrected chi connectivity index (χ0v) is 12.2. The van der Waals surface area contributed by atoms with Crippen molar-refractivity contribution in [2.75, 3.05) is 17.7 Å². The van der Waals surface area contributed by atoms with Crippen LogP contribution in [0.5, 0.6) is 0 Å². The molecular weight excluding hydrogens is 274 g/mol. The van der Waals surface area contributed by atoms with Gasteiger partial charge in [-0.25, -0.2) is 13.6 Å². The van der Waals surface area contributed by atoms with Crippen molar-refractivity contribution in [2.45, 2.75) is 11.8 Å². The lowest BCUT2D eigenvalue weighted by Gasteiger charge is -2.23. The number of para-hydroxylation sites is 1. The summed E-state index contributed by atoms with van der Waals surface area (Å²) >= 11 is 0. The monoisotopic (exact) mass is 291 g/mol. The molecule has 0 atom stereocenters. The minimum atomic E-state index is -3.74. The minimum Gasteiger partial charge on any atom is -0.397 e. The smallest absolute Gasteiger partial charge is 0.238 e. The maximum absolute atomic E-state index is 11.3. The van der Waals surface area contributed by atoms with Gasteiger partial charge in [-0.2, -0.15) is 0 Å². The molecule has 2 rings (SSSR count). The van der Waals surface area contributed by atoms with E-state index in [1.807, 2.05) is 43.1 Å². The molecule has 0 fully saturated rings. The maximum Gasteiger partial charge on any atom is 0.238 e. The number of anilines is 3. The standard InChI is InChI=1S/C14H17N3O2S/c1-10-5-3-4-6-13(10)17(2)14-8-7-11(9-12(14)15)20(16,18)19/h3-9H,15H2,1-2H3,(H2,16,18,19). The molecule has 0 saturated heterocycles. The number of nitrogens with zero attached hydrogens (tertiary/aromatic N) is 1. The Labute approximate surface area is 118 Å². The van der Waals surface area contributed by atoms with Gasteiger partial charge in [-0.15, -0.1) is 0 Å². The third-order valence-corrected chi connectivity index (χ3v) is 4.08. The summed E-state index contributed by atoms with van der Waals surface area (Å²) in [5.74, 6) is 0. The van der Waals surface area contributed by atoms with E-state index in [0.29, 0.717) is 5.69 Å². The van der Waals surface area contributed by atoms with E-state index in [0.717, 1.165) is 16.9 Å². The lowest BCUT2D eigenvalue weighted by molar-refractivity contribution is 0.598. The van der Waals surface area contributed by atoms with Crippen LogP contribution >= 0.6 is 0 Å². The minimum absolute atomic E-state index is 0.0110. The molecule has 6 heteroatoms. The molecule has 106 valence electrons. The summed E-state index contributed by atoms with van der Waals surface area (Å²) in [5.41, 5.74) is 9.14. The fraction of sp³-hybridized carbons (Fsp3) is 0.143. The lowest BCUT2D eigenvalue weighted by atomic mass is 10.1. The highest BCUT2D eigenvalue weighted by molar-refractivity contribution is 7.89. The summed E-state index contributed by atoms with van der Waals surface area (Å²) in [6.07, 6.45) is 0. The Balaban J connectivity index is 2.47. The summed E-state index contributed by atoms with van der Waals surface area (Å²) in [4.78, 5) is 1.93. The van der Waals surface area contributed by atoms with Gasteiger partial charge in [-0.05, 0) is 36.8 Å². The Morgan fingerprint density at radius 2 is 1.70 bits per heavy atom. The number of hydrogen-bond acceptors (Lipinski definition) is 4. The van der Waals surface area contributed by atoms with E-state index in [-0.39, 0.29) is 4.90 Å². The Kier molecular flexibility index (Phi) is 3.69. The van der Waals surface area contributed by atoms with Crippen LogP contribution < -0.4 is 15.8 Å². The van der Waals surface area contributed by atoms with Crippen LogP contribution in [-0.2, 0) is 10.0 Å². The van der Waals surface area contributed by atoms with Crippen LogP contribution in [0, 0.1) is 6.92 Å². The molecule has 0 bridgehead atoms. The Morgan fingerprint density at radius 1 is 1.05 bits per heavy atom. The number of rotatable bonds is 3. The highest BCUT2D eigenvalue weighted by Crippen LogP contribution is 2.32. The fourth-order valence-electron chi connectivity index (χ4n) is 2.08. The molecule has 2 aromatic rings. The van der Waals surface area contributed by atoms with Crippen LogP contribution in [0.1, 0.15) is 5.56 Å². The van der Waals surface area contributed by atoms with Crippen molar-refractivity contribution >= 4 is 27.1 Å². The number of sulfonamides is 1. The largest absolute Gasteiger partial charge is 0.397 e. The zero-order chi connectivity index (χ0) is 14.9. The summed E-state index contributed by atoms with van der Waals surface area (Å²) in [5, 5.41) is 5.09. The summed E-state index contributed by atoms with van der Waals surface area (Å²) in [6, 6.07) is 12.4. The average Bonchev–Trinajstić information content (AvgIpc) is 2.37. The molecule has 0 amide bonds. The lowest BCUT2D eigenvalue weighted by Crippen LogP contribution is -2.15. The van der Waals surface area contributed by atoms with E-state index < -0.39 is 10.0 Å². The quantitative estimate of drug-likeness (QED) is 0.846. The van der Waals surface area contributed by atoms with Crippen LogP contribution in [0.25, 0.3) is 0 Å². The SMILES string of the molecule is Cc1ccccc1N(C)c1ccc(S(N)(=O)=O)cc1N. The Bertz CT molecular complexity index is 742. The molecule has 0 saturated carbocycles. The molecule has 0 aromatic heterocycles. The molecule has 0 aliphatic carbocycles. The first kappa shape index (κ1) is 14.4. The molecule has 4 N–H and O–H groups in total. The van der Waals surface area contributed by atoms with Crippen molar-refractivity contribution in [3.63, 3.8) is 0 Å². The molecule has 0 aliphatic heterocycles. The summed E-state index contributed by atoms with van der Waals surface area (Å²) < 4.78 is 22.6. The molecule has 0 heterocycles. The zero-order valence-electron chi connectivity index (χ0n) is 11.4. The van der Waals surface area contributed by atoms with Gasteiger partial charge in [-0.1, -0.05) is 18.2 Å². The predicted molar refractivity (Wildman–Crippen MR) is 81.5 cm³/mol. The second-order valence-electron chi connectivity index (χ2n) is 4.61. The normalized spacial score (nSPS) is 11.3. The number of nitrogen functional groups attached to an aromatic ring is 1. The average molecular weight is 291 g/mol. The number of nitrogens with two attached hydrogens (primary N) is 2. The molecule has 2 aromatic carbocycles. The van der Waals surface area contributed by atoms with Crippen LogP contribution in [0.3, 0.4) is 0 Å². The van der Waals surface area contributed by atoms with Crippen LogP contribution in [0.2, 0.25) is 0 Å². The Hall–Kier alpha value is -2.05. The third-order valence-electron chi connectivity index (χ3n) is 3.17. The van der Waals surface area contributed by atoms with Gasteiger partial charge >= 0.3 is 0 Å². The molecule has 20 heavy (non-hydrogen) atoms. The van der Waals surface area contributed by atoms with Gasteiger partial charge in [0, 0.05) is 12.7 Å². The van der Waals surface area contributed by atoms with E-state index >= 15 is 0 Å². The predicted octanol–water partition coefficient (Wildman–Crippen LogP) is 1.99. The topological polar surface area (TPSA) is 89.4 Å². The third kappa shape index (κ3) is 2.76. The first-order valence-electron chi connectivity index (χ1n) is 6.02. The van der Waals surface area contributed by atoms with Gasteiger partial charge in [0.25, 0.3) is 0 Å². The van der Waals surface area contributed by atoms with Gasteiger partial charge < -0.3 is 10.6 Å². The maximum atomic E-state index is 11.3. The molecule has 0 radical (unpaired) electrons. The number of aryl methyl sites for hydroxylation is 1. The van der Waals surface area contributed by atoms with E-state index in [4.69, 9.17) is 10.9 Å². The first-order chi connectivity index (χ1) is 9.30. The van der Waals surface area contributed by atoms with Gasteiger partial charge in [0.1, 0.15) is 0 Å². The summed E-state index contributed by atoms with van der Waals surface area (Å²) in [7, 11) is -1.86. The van der Waals surface area contributed by atoms with E-state index in [1.165, 1.54) is 12.1 Å². The van der Waals surface area contributed by atoms with Crippen LogP contribution in [0.15, 0.2) is 47.4 Å². The van der Waals surface area contributed by atoms with Crippen molar-refractivity contribution in [1.29, 1.82) is 0 Å². The number of hydrogen-bond donors (Lipinski definition) is 2. The molecule has 0 aliphatic rings.